The minimum atomic E-state index is -0.737. The minimum Gasteiger partial charge on any atom is -0.491 e. The number of aliphatic hydroxyl groups excluding tert-OH is 1. The van der Waals surface area contributed by atoms with Crippen molar-refractivity contribution in [2.24, 2.45) is 0 Å². The monoisotopic (exact) mass is 280 g/mol. The van der Waals surface area contributed by atoms with Gasteiger partial charge in [-0.25, -0.2) is 4.39 Å². The van der Waals surface area contributed by atoms with Crippen molar-refractivity contribution in [2.45, 2.75) is 12.5 Å². The lowest BCUT2D eigenvalue weighted by Gasteiger charge is -2.13. The van der Waals surface area contributed by atoms with Gasteiger partial charge in [0.2, 0.25) is 0 Å². The minimum absolute atomic E-state index is 0.0567. The van der Waals surface area contributed by atoms with Crippen LogP contribution in [0.25, 0.3) is 0 Å². The summed E-state index contributed by atoms with van der Waals surface area (Å²) in [7, 11) is 0. The van der Waals surface area contributed by atoms with Crippen molar-refractivity contribution in [1.29, 1.82) is 0 Å². The first kappa shape index (κ1) is 13.8. The maximum Gasteiger partial charge on any atom is 0.142 e. The Hall–Kier alpha value is -1.58. The van der Waals surface area contributed by atoms with Gasteiger partial charge in [0.1, 0.15) is 18.2 Å². The Morgan fingerprint density at radius 2 is 1.84 bits per heavy atom. The van der Waals surface area contributed by atoms with Crippen LogP contribution in [0.4, 0.5) is 4.39 Å². The fraction of sp³-hybridized carbons (Fsp3) is 0.200. The molecule has 0 amide bonds. The highest BCUT2D eigenvalue weighted by molar-refractivity contribution is 6.31. The molecule has 0 saturated carbocycles. The van der Waals surface area contributed by atoms with Gasteiger partial charge >= 0.3 is 0 Å². The van der Waals surface area contributed by atoms with E-state index in [2.05, 4.69) is 0 Å². The van der Waals surface area contributed by atoms with E-state index in [-0.39, 0.29) is 18.1 Å². The predicted molar refractivity (Wildman–Crippen MR) is 73.1 cm³/mol. The van der Waals surface area contributed by atoms with Gasteiger partial charge in [-0.15, -0.1) is 0 Å². The van der Waals surface area contributed by atoms with Crippen LogP contribution in [0.2, 0.25) is 5.02 Å². The number of halogens is 2. The highest BCUT2D eigenvalue weighted by atomic mass is 35.5. The van der Waals surface area contributed by atoms with Crippen molar-refractivity contribution in [1.82, 2.24) is 0 Å². The maximum absolute atomic E-state index is 13.2. The van der Waals surface area contributed by atoms with Crippen molar-refractivity contribution in [3.63, 3.8) is 0 Å². The molecule has 0 aliphatic rings. The van der Waals surface area contributed by atoms with Crippen LogP contribution in [0.5, 0.6) is 5.75 Å². The fourth-order valence-corrected chi connectivity index (χ4v) is 1.93. The van der Waals surface area contributed by atoms with E-state index in [4.69, 9.17) is 16.3 Å². The van der Waals surface area contributed by atoms with Crippen molar-refractivity contribution < 1.29 is 14.2 Å². The first-order valence-electron chi connectivity index (χ1n) is 5.95. The first-order chi connectivity index (χ1) is 9.16. The van der Waals surface area contributed by atoms with Crippen LogP contribution in [0.1, 0.15) is 5.56 Å². The normalized spacial score (nSPS) is 12.2. The highest BCUT2D eigenvalue weighted by Gasteiger charge is 2.11. The molecule has 0 spiro atoms. The quantitative estimate of drug-likeness (QED) is 0.909. The summed E-state index contributed by atoms with van der Waals surface area (Å²) in [5.41, 5.74) is 0.575. The Morgan fingerprint density at radius 3 is 2.58 bits per heavy atom. The van der Waals surface area contributed by atoms with E-state index in [1.54, 1.807) is 12.1 Å². The molecule has 2 aromatic carbocycles. The predicted octanol–water partition coefficient (Wildman–Crippen LogP) is 3.46. The zero-order chi connectivity index (χ0) is 13.7. The van der Waals surface area contributed by atoms with Gasteiger partial charge in [0, 0.05) is 6.42 Å². The van der Waals surface area contributed by atoms with Crippen LogP contribution in [-0.4, -0.2) is 17.8 Å². The summed E-state index contributed by atoms with van der Waals surface area (Å²) in [5.74, 6) is 0.210. The molecule has 4 heteroatoms. The average molecular weight is 281 g/mol. The van der Waals surface area contributed by atoms with Crippen molar-refractivity contribution in [3.8, 4) is 5.75 Å². The smallest absolute Gasteiger partial charge is 0.142 e. The van der Waals surface area contributed by atoms with Gasteiger partial charge in [0.15, 0.2) is 0 Å². The molecule has 2 nitrogen and oxygen atoms in total. The topological polar surface area (TPSA) is 29.5 Å². The Balaban J connectivity index is 1.91. The Bertz CT molecular complexity index is 531. The lowest BCUT2D eigenvalue weighted by atomic mass is 10.1. The lowest BCUT2D eigenvalue weighted by molar-refractivity contribution is 0.107. The second kappa shape index (κ2) is 6.55. The van der Waals surface area contributed by atoms with Crippen LogP contribution in [0.15, 0.2) is 48.5 Å². The van der Waals surface area contributed by atoms with E-state index in [9.17, 15) is 9.50 Å². The van der Waals surface area contributed by atoms with Gasteiger partial charge < -0.3 is 9.84 Å². The third-order valence-corrected chi connectivity index (χ3v) is 3.10. The molecule has 0 heterocycles. The molecule has 0 saturated heterocycles. The van der Waals surface area contributed by atoms with E-state index < -0.39 is 11.9 Å². The summed E-state index contributed by atoms with van der Waals surface area (Å²) < 4.78 is 18.7. The SMILES string of the molecule is OC(COc1ccccc1)Cc1cccc(F)c1Cl. The molecular weight excluding hydrogens is 267 g/mol. The van der Waals surface area contributed by atoms with Gasteiger partial charge in [-0.3, -0.25) is 0 Å². The second-order valence-corrected chi connectivity index (χ2v) is 4.57. The van der Waals surface area contributed by atoms with Gasteiger partial charge in [0.05, 0.1) is 11.1 Å². The lowest BCUT2D eigenvalue weighted by Crippen LogP contribution is -2.20. The number of hydrogen-bond donors (Lipinski definition) is 1. The van der Waals surface area contributed by atoms with Crippen molar-refractivity contribution in [3.05, 3.63) is 64.9 Å². The molecule has 0 aromatic heterocycles. The zero-order valence-electron chi connectivity index (χ0n) is 10.2. The standard InChI is InChI=1S/C15H14ClFO2/c16-15-11(5-4-8-14(15)17)9-12(18)10-19-13-6-2-1-3-7-13/h1-8,12,18H,9-10H2. The Morgan fingerprint density at radius 1 is 1.11 bits per heavy atom. The second-order valence-electron chi connectivity index (χ2n) is 4.19. The van der Waals surface area contributed by atoms with Crippen LogP contribution in [0, 0.1) is 5.82 Å². The van der Waals surface area contributed by atoms with Crippen LogP contribution < -0.4 is 4.74 Å². The number of para-hydroxylation sites is 1. The molecule has 0 bridgehead atoms. The van der Waals surface area contributed by atoms with E-state index >= 15 is 0 Å². The number of ether oxygens (including phenoxy) is 1. The highest BCUT2D eigenvalue weighted by Crippen LogP contribution is 2.21. The van der Waals surface area contributed by atoms with Gasteiger partial charge in [-0.1, -0.05) is 41.9 Å². The number of aliphatic hydroxyl groups is 1. The van der Waals surface area contributed by atoms with Crippen LogP contribution >= 0.6 is 11.6 Å². The van der Waals surface area contributed by atoms with E-state index in [1.165, 1.54) is 6.07 Å². The van der Waals surface area contributed by atoms with Crippen LogP contribution in [0.3, 0.4) is 0 Å². The third kappa shape index (κ3) is 3.94. The average Bonchev–Trinajstić information content (AvgIpc) is 2.43. The molecule has 1 unspecified atom stereocenters. The number of benzene rings is 2. The van der Waals surface area contributed by atoms with Crippen molar-refractivity contribution >= 4 is 11.6 Å². The molecule has 19 heavy (non-hydrogen) atoms. The van der Waals surface area contributed by atoms with Gasteiger partial charge in [0.25, 0.3) is 0 Å². The summed E-state index contributed by atoms with van der Waals surface area (Å²) >= 11 is 5.83. The molecule has 2 rings (SSSR count). The molecule has 1 N–H and O–H groups in total. The van der Waals surface area contributed by atoms with Gasteiger partial charge in [-0.2, -0.15) is 0 Å². The largest absolute Gasteiger partial charge is 0.491 e. The number of hydrogen-bond acceptors (Lipinski definition) is 2. The molecule has 2 aromatic rings. The molecule has 100 valence electrons. The van der Waals surface area contributed by atoms with E-state index in [0.29, 0.717) is 11.3 Å². The Labute approximate surface area is 116 Å². The Kier molecular flexibility index (Phi) is 4.77. The molecule has 0 radical (unpaired) electrons. The molecule has 1 atom stereocenters. The van der Waals surface area contributed by atoms with E-state index in [1.807, 2.05) is 30.3 Å². The fourth-order valence-electron chi connectivity index (χ4n) is 1.73. The summed E-state index contributed by atoms with van der Waals surface area (Å²) in [6.07, 6.45) is -0.483. The third-order valence-electron chi connectivity index (χ3n) is 2.67. The summed E-state index contributed by atoms with van der Waals surface area (Å²) in [6, 6.07) is 13.8. The summed E-state index contributed by atoms with van der Waals surface area (Å²) in [5, 5.41) is 9.93. The maximum atomic E-state index is 13.2. The molecule has 0 fully saturated rings. The molecular formula is C15H14ClFO2. The summed E-state index contributed by atoms with van der Waals surface area (Å²) in [4.78, 5) is 0. The first-order valence-corrected chi connectivity index (χ1v) is 6.33. The van der Waals surface area contributed by atoms with E-state index in [0.717, 1.165) is 0 Å². The van der Waals surface area contributed by atoms with Crippen molar-refractivity contribution in [2.75, 3.05) is 6.61 Å². The number of rotatable bonds is 5. The zero-order valence-corrected chi connectivity index (χ0v) is 11.0. The summed E-state index contributed by atoms with van der Waals surface area (Å²) in [6.45, 7) is 0.136. The molecule has 0 aliphatic carbocycles. The van der Waals surface area contributed by atoms with Gasteiger partial charge in [-0.05, 0) is 23.8 Å². The van der Waals surface area contributed by atoms with Crippen LogP contribution in [-0.2, 0) is 6.42 Å². The molecule has 0 aliphatic heterocycles.